The fourth-order valence-electron chi connectivity index (χ4n) is 3.12. The Morgan fingerprint density at radius 3 is 2.84 bits per heavy atom. The molecule has 0 aliphatic heterocycles. The second-order valence-corrected chi connectivity index (χ2v) is 6.15. The number of rotatable bonds is 4. The van der Waals surface area contributed by atoms with Crippen molar-refractivity contribution in [2.45, 2.75) is 19.9 Å². The molecule has 0 radical (unpaired) electrons. The molecule has 1 amide bonds. The zero-order valence-corrected chi connectivity index (χ0v) is 14.1. The summed E-state index contributed by atoms with van der Waals surface area (Å²) in [6, 6.07) is 17.7. The molecule has 4 rings (SSSR count). The predicted octanol–water partition coefficient (Wildman–Crippen LogP) is 4.85. The van der Waals surface area contributed by atoms with Crippen LogP contribution in [-0.4, -0.2) is 15.5 Å². The molecule has 25 heavy (non-hydrogen) atoms. The third-order valence-electron chi connectivity index (χ3n) is 4.35. The molecule has 4 nitrogen and oxygen atoms in total. The fourth-order valence-corrected chi connectivity index (χ4v) is 3.12. The molecule has 0 saturated carbocycles. The molecule has 2 aromatic carbocycles. The van der Waals surface area contributed by atoms with E-state index < -0.39 is 0 Å². The van der Waals surface area contributed by atoms with E-state index >= 15 is 0 Å². The molecular weight excluding hydrogens is 310 g/mol. The molecule has 0 aliphatic carbocycles. The number of pyridine rings is 1. The van der Waals surface area contributed by atoms with Crippen LogP contribution in [0.4, 0.5) is 5.69 Å². The fraction of sp³-hybridized carbons (Fsp3) is 0.143. The van der Waals surface area contributed by atoms with Crippen molar-refractivity contribution in [3.05, 3.63) is 72.6 Å². The summed E-state index contributed by atoms with van der Waals surface area (Å²) >= 11 is 0. The van der Waals surface area contributed by atoms with Crippen LogP contribution in [0.2, 0.25) is 0 Å². The van der Waals surface area contributed by atoms with Crippen LogP contribution in [0.15, 0.2) is 67.0 Å². The Morgan fingerprint density at radius 1 is 1.08 bits per heavy atom. The van der Waals surface area contributed by atoms with E-state index in [1.165, 1.54) is 0 Å². The average molecular weight is 329 g/mol. The van der Waals surface area contributed by atoms with E-state index in [0.29, 0.717) is 11.3 Å². The van der Waals surface area contributed by atoms with Crippen molar-refractivity contribution in [3.8, 4) is 0 Å². The molecule has 0 fully saturated rings. The lowest BCUT2D eigenvalue weighted by Gasteiger charge is -2.07. The number of hydrogen-bond donors (Lipinski definition) is 1. The van der Waals surface area contributed by atoms with E-state index in [1.807, 2.05) is 48.5 Å². The molecular formula is C21H19N3O. The first-order valence-corrected chi connectivity index (χ1v) is 8.49. The van der Waals surface area contributed by atoms with Crippen molar-refractivity contribution in [1.82, 2.24) is 9.55 Å². The summed E-state index contributed by atoms with van der Waals surface area (Å²) in [6.45, 7) is 3.14. The van der Waals surface area contributed by atoms with Gasteiger partial charge in [0.2, 0.25) is 0 Å². The number of anilines is 1. The summed E-state index contributed by atoms with van der Waals surface area (Å²) in [5.74, 6) is -0.123. The predicted molar refractivity (Wildman–Crippen MR) is 102 cm³/mol. The minimum absolute atomic E-state index is 0.123. The number of carbonyl (C=O) groups is 1. The first kappa shape index (κ1) is 15.4. The van der Waals surface area contributed by atoms with Crippen molar-refractivity contribution in [3.63, 3.8) is 0 Å². The molecule has 2 aromatic heterocycles. The number of aromatic nitrogens is 2. The van der Waals surface area contributed by atoms with Crippen molar-refractivity contribution >= 4 is 33.4 Å². The molecule has 0 spiro atoms. The van der Waals surface area contributed by atoms with Gasteiger partial charge in [-0.3, -0.25) is 9.78 Å². The van der Waals surface area contributed by atoms with Gasteiger partial charge in [0, 0.05) is 34.6 Å². The van der Waals surface area contributed by atoms with E-state index in [2.05, 4.69) is 34.1 Å². The Hall–Kier alpha value is -3.14. The summed E-state index contributed by atoms with van der Waals surface area (Å²) in [5.41, 5.74) is 3.42. The quantitative estimate of drug-likeness (QED) is 0.581. The molecule has 2 heterocycles. The SMILES string of the molecule is CCCn1ccc2cc(C(=O)Nc3cnc4ccccc4c3)ccc21. The maximum absolute atomic E-state index is 12.6. The maximum atomic E-state index is 12.6. The van der Waals surface area contributed by atoms with Gasteiger partial charge < -0.3 is 9.88 Å². The number of carbonyl (C=O) groups excluding carboxylic acids is 1. The van der Waals surface area contributed by atoms with Gasteiger partial charge in [-0.1, -0.05) is 25.1 Å². The number of nitrogens with zero attached hydrogens (tertiary/aromatic N) is 2. The van der Waals surface area contributed by atoms with Crippen LogP contribution in [0.5, 0.6) is 0 Å². The van der Waals surface area contributed by atoms with E-state index in [0.717, 1.165) is 34.8 Å². The molecule has 4 aromatic rings. The van der Waals surface area contributed by atoms with Gasteiger partial charge in [-0.15, -0.1) is 0 Å². The molecule has 0 bridgehead atoms. The number of benzene rings is 2. The highest BCUT2D eigenvalue weighted by Crippen LogP contribution is 2.20. The molecule has 0 atom stereocenters. The highest BCUT2D eigenvalue weighted by Gasteiger charge is 2.09. The zero-order chi connectivity index (χ0) is 17.2. The van der Waals surface area contributed by atoms with Gasteiger partial charge in [-0.2, -0.15) is 0 Å². The van der Waals surface area contributed by atoms with E-state index in [1.54, 1.807) is 6.20 Å². The zero-order valence-electron chi connectivity index (χ0n) is 14.1. The van der Waals surface area contributed by atoms with E-state index in [9.17, 15) is 4.79 Å². The normalized spacial score (nSPS) is 11.1. The highest BCUT2D eigenvalue weighted by atomic mass is 16.1. The first-order chi connectivity index (χ1) is 12.2. The standard InChI is InChI=1S/C21H19N3O/c1-2-10-24-11-9-16-12-17(7-8-20(16)24)21(25)23-18-13-15-5-3-4-6-19(15)22-14-18/h3-9,11-14H,2,10H2,1H3,(H,23,25). The van der Waals surface area contributed by atoms with Gasteiger partial charge in [-0.05, 0) is 42.8 Å². The number of para-hydroxylation sites is 1. The molecule has 124 valence electrons. The maximum Gasteiger partial charge on any atom is 0.255 e. The van der Waals surface area contributed by atoms with Crippen LogP contribution in [0, 0.1) is 0 Å². The van der Waals surface area contributed by atoms with Gasteiger partial charge in [0.05, 0.1) is 17.4 Å². The third-order valence-corrected chi connectivity index (χ3v) is 4.35. The second kappa shape index (κ2) is 6.40. The molecule has 0 saturated heterocycles. The lowest BCUT2D eigenvalue weighted by atomic mass is 10.1. The van der Waals surface area contributed by atoms with Gasteiger partial charge in [0.25, 0.3) is 5.91 Å². The first-order valence-electron chi connectivity index (χ1n) is 8.49. The van der Waals surface area contributed by atoms with E-state index in [-0.39, 0.29) is 5.91 Å². The Balaban J connectivity index is 1.60. The number of aryl methyl sites for hydroxylation is 1. The second-order valence-electron chi connectivity index (χ2n) is 6.15. The Labute approximate surface area is 146 Å². The van der Waals surface area contributed by atoms with Crippen LogP contribution in [0.1, 0.15) is 23.7 Å². The van der Waals surface area contributed by atoms with Crippen molar-refractivity contribution in [1.29, 1.82) is 0 Å². The molecule has 1 N–H and O–H groups in total. The van der Waals surface area contributed by atoms with Crippen molar-refractivity contribution in [2.24, 2.45) is 0 Å². The van der Waals surface area contributed by atoms with Crippen molar-refractivity contribution in [2.75, 3.05) is 5.32 Å². The van der Waals surface area contributed by atoms with Gasteiger partial charge in [0.15, 0.2) is 0 Å². The number of nitrogens with one attached hydrogen (secondary N) is 1. The van der Waals surface area contributed by atoms with Gasteiger partial charge >= 0.3 is 0 Å². The van der Waals surface area contributed by atoms with Gasteiger partial charge in [0.1, 0.15) is 0 Å². The van der Waals surface area contributed by atoms with Crippen LogP contribution in [-0.2, 0) is 6.54 Å². The Bertz CT molecular complexity index is 1070. The third kappa shape index (κ3) is 2.98. The minimum Gasteiger partial charge on any atom is -0.347 e. The van der Waals surface area contributed by atoms with Crippen LogP contribution >= 0.6 is 0 Å². The summed E-state index contributed by atoms with van der Waals surface area (Å²) in [7, 11) is 0. The highest BCUT2D eigenvalue weighted by molar-refractivity contribution is 6.06. The van der Waals surface area contributed by atoms with Crippen LogP contribution in [0.3, 0.4) is 0 Å². The monoisotopic (exact) mass is 329 g/mol. The topological polar surface area (TPSA) is 46.9 Å². The average Bonchev–Trinajstić information content (AvgIpc) is 3.04. The molecule has 4 heteroatoms. The van der Waals surface area contributed by atoms with Crippen molar-refractivity contribution < 1.29 is 4.79 Å². The Morgan fingerprint density at radius 2 is 1.96 bits per heavy atom. The number of fused-ring (bicyclic) bond motifs is 2. The summed E-state index contributed by atoms with van der Waals surface area (Å²) in [6.07, 6.45) is 4.85. The molecule has 0 unspecified atom stereocenters. The van der Waals surface area contributed by atoms with Crippen LogP contribution < -0.4 is 5.32 Å². The molecule has 0 aliphatic rings. The Kier molecular flexibility index (Phi) is 3.94. The minimum atomic E-state index is -0.123. The van der Waals surface area contributed by atoms with Gasteiger partial charge in [-0.25, -0.2) is 0 Å². The smallest absolute Gasteiger partial charge is 0.255 e. The summed E-state index contributed by atoms with van der Waals surface area (Å²) in [4.78, 5) is 17.0. The largest absolute Gasteiger partial charge is 0.347 e. The summed E-state index contributed by atoms with van der Waals surface area (Å²) < 4.78 is 2.21. The van der Waals surface area contributed by atoms with Crippen LogP contribution in [0.25, 0.3) is 21.8 Å². The number of amides is 1. The van der Waals surface area contributed by atoms with E-state index in [4.69, 9.17) is 0 Å². The summed E-state index contributed by atoms with van der Waals surface area (Å²) in [5, 5.41) is 5.03. The lowest BCUT2D eigenvalue weighted by molar-refractivity contribution is 0.102. The lowest BCUT2D eigenvalue weighted by Crippen LogP contribution is -2.12. The number of hydrogen-bond acceptors (Lipinski definition) is 2.